The molecule has 0 bridgehead atoms. The summed E-state index contributed by atoms with van der Waals surface area (Å²) < 4.78 is 5.24. The fraction of sp³-hybridized carbons (Fsp3) is 0.235. The summed E-state index contributed by atoms with van der Waals surface area (Å²) in [5.41, 5.74) is 2.22. The summed E-state index contributed by atoms with van der Waals surface area (Å²) in [7, 11) is 1.53. The number of aryl methyl sites for hydroxylation is 1. The van der Waals surface area contributed by atoms with Crippen LogP contribution in [-0.2, 0) is 4.79 Å². The monoisotopic (exact) mass is 386 g/mol. The standard InChI is InChI=1S/C17H17Cl3N2O2/c1-10-5-15(16(24-2)9-14(10)20)22-17(23)3-4-21-13-7-11(18)6-12(19)8-13/h5-9,21H,3-4H2,1-2H3,(H,22,23). The third-order valence-corrected chi connectivity index (χ3v) is 4.14. The zero-order valence-corrected chi connectivity index (χ0v) is 15.5. The molecule has 0 aromatic heterocycles. The average Bonchev–Trinajstić information content (AvgIpc) is 2.49. The van der Waals surface area contributed by atoms with Crippen molar-refractivity contribution in [3.8, 4) is 5.75 Å². The molecule has 0 radical (unpaired) electrons. The van der Waals surface area contributed by atoms with Crippen molar-refractivity contribution in [2.45, 2.75) is 13.3 Å². The molecule has 7 heteroatoms. The van der Waals surface area contributed by atoms with Gasteiger partial charge in [0.25, 0.3) is 0 Å². The second kappa shape index (κ2) is 8.47. The van der Waals surface area contributed by atoms with Crippen LogP contribution in [0.2, 0.25) is 15.1 Å². The topological polar surface area (TPSA) is 50.4 Å². The van der Waals surface area contributed by atoms with Gasteiger partial charge in [-0.3, -0.25) is 4.79 Å². The van der Waals surface area contributed by atoms with Gasteiger partial charge in [-0.25, -0.2) is 0 Å². The Kier molecular flexibility index (Phi) is 6.60. The number of amides is 1. The van der Waals surface area contributed by atoms with Gasteiger partial charge in [0.2, 0.25) is 5.91 Å². The van der Waals surface area contributed by atoms with Crippen molar-refractivity contribution in [3.05, 3.63) is 51.0 Å². The summed E-state index contributed by atoms with van der Waals surface area (Å²) in [6, 6.07) is 8.60. The van der Waals surface area contributed by atoms with Gasteiger partial charge in [0.15, 0.2) is 0 Å². The molecule has 2 aromatic carbocycles. The molecule has 128 valence electrons. The summed E-state index contributed by atoms with van der Waals surface area (Å²) in [4.78, 5) is 12.1. The zero-order valence-electron chi connectivity index (χ0n) is 13.3. The second-order valence-corrected chi connectivity index (χ2v) is 6.46. The van der Waals surface area contributed by atoms with Crippen molar-refractivity contribution < 1.29 is 9.53 Å². The van der Waals surface area contributed by atoms with Gasteiger partial charge in [-0.15, -0.1) is 0 Å². The Bertz CT molecular complexity index is 731. The number of carbonyl (C=O) groups excluding carboxylic acids is 1. The number of rotatable bonds is 6. The Morgan fingerprint density at radius 1 is 1.08 bits per heavy atom. The predicted octanol–water partition coefficient (Wildman–Crippen LogP) is 5.40. The van der Waals surface area contributed by atoms with Crippen molar-refractivity contribution in [1.29, 1.82) is 0 Å². The van der Waals surface area contributed by atoms with Crippen LogP contribution in [-0.4, -0.2) is 19.6 Å². The Balaban J connectivity index is 1.93. The number of benzene rings is 2. The van der Waals surface area contributed by atoms with E-state index in [-0.39, 0.29) is 12.3 Å². The van der Waals surface area contributed by atoms with Gasteiger partial charge in [0.05, 0.1) is 12.8 Å². The lowest BCUT2D eigenvalue weighted by atomic mass is 10.2. The lowest BCUT2D eigenvalue weighted by Gasteiger charge is -2.13. The van der Waals surface area contributed by atoms with Crippen molar-refractivity contribution in [3.63, 3.8) is 0 Å². The Hall–Kier alpha value is -1.62. The maximum Gasteiger partial charge on any atom is 0.226 e. The van der Waals surface area contributed by atoms with E-state index in [1.807, 2.05) is 6.92 Å². The van der Waals surface area contributed by atoms with E-state index in [1.165, 1.54) is 7.11 Å². The summed E-state index contributed by atoms with van der Waals surface area (Å²) in [6.45, 7) is 2.30. The summed E-state index contributed by atoms with van der Waals surface area (Å²) >= 11 is 17.9. The van der Waals surface area contributed by atoms with Crippen LogP contribution in [0.25, 0.3) is 0 Å². The molecule has 0 fully saturated rings. The molecule has 0 aliphatic heterocycles. The molecule has 0 saturated carbocycles. The van der Waals surface area contributed by atoms with Crippen LogP contribution >= 0.6 is 34.8 Å². The van der Waals surface area contributed by atoms with Crippen LogP contribution in [0.5, 0.6) is 5.75 Å². The van der Waals surface area contributed by atoms with E-state index in [0.29, 0.717) is 33.0 Å². The number of methoxy groups -OCH3 is 1. The molecule has 2 aromatic rings. The fourth-order valence-corrected chi connectivity index (χ4v) is 2.80. The number of nitrogens with one attached hydrogen (secondary N) is 2. The molecule has 2 rings (SSSR count). The van der Waals surface area contributed by atoms with E-state index in [1.54, 1.807) is 30.3 Å². The lowest BCUT2D eigenvalue weighted by Crippen LogP contribution is -2.16. The molecule has 1 amide bonds. The zero-order chi connectivity index (χ0) is 17.7. The minimum absolute atomic E-state index is 0.143. The lowest BCUT2D eigenvalue weighted by molar-refractivity contribution is -0.115. The molecular weight excluding hydrogens is 371 g/mol. The van der Waals surface area contributed by atoms with Gasteiger partial charge < -0.3 is 15.4 Å². The number of anilines is 2. The smallest absolute Gasteiger partial charge is 0.226 e. The van der Waals surface area contributed by atoms with Crippen LogP contribution in [0.3, 0.4) is 0 Å². The number of hydrogen-bond acceptors (Lipinski definition) is 3. The quantitative estimate of drug-likeness (QED) is 0.697. The Labute approximate surface area is 156 Å². The van der Waals surface area contributed by atoms with Crippen LogP contribution < -0.4 is 15.4 Å². The highest BCUT2D eigenvalue weighted by Crippen LogP contribution is 2.31. The summed E-state index contributed by atoms with van der Waals surface area (Å²) in [6.07, 6.45) is 0.273. The van der Waals surface area contributed by atoms with Crippen LogP contribution in [0.15, 0.2) is 30.3 Å². The van der Waals surface area contributed by atoms with Gasteiger partial charge in [-0.1, -0.05) is 34.8 Å². The molecule has 0 spiro atoms. The van der Waals surface area contributed by atoms with Crippen molar-refractivity contribution in [1.82, 2.24) is 0 Å². The number of halogens is 3. The largest absolute Gasteiger partial charge is 0.495 e. The first-order valence-electron chi connectivity index (χ1n) is 7.23. The van der Waals surface area contributed by atoms with Crippen LogP contribution in [0, 0.1) is 6.92 Å². The minimum atomic E-state index is -0.143. The highest BCUT2D eigenvalue weighted by Gasteiger charge is 2.10. The molecule has 2 N–H and O–H groups in total. The minimum Gasteiger partial charge on any atom is -0.495 e. The van der Waals surface area contributed by atoms with E-state index < -0.39 is 0 Å². The van der Waals surface area contributed by atoms with Gasteiger partial charge in [0.1, 0.15) is 5.75 Å². The van der Waals surface area contributed by atoms with Gasteiger partial charge in [-0.05, 0) is 36.8 Å². The van der Waals surface area contributed by atoms with Gasteiger partial charge in [-0.2, -0.15) is 0 Å². The van der Waals surface area contributed by atoms with E-state index >= 15 is 0 Å². The van der Waals surface area contributed by atoms with E-state index in [4.69, 9.17) is 39.5 Å². The molecule has 0 saturated heterocycles. The summed E-state index contributed by atoms with van der Waals surface area (Å²) in [5, 5.41) is 7.60. The second-order valence-electron chi connectivity index (χ2n) is 5.18. The average molecular weight is 388 g/mol. The van der Waals surface area contributed by atoms with Crippen molar-refractivity contribution in [2.75, 3.05) is 24.3 Å². The molecule has 0 unspecified atom stereocenters. The van der Waals surface area contributed by atoms with Crippen molar-refractivity contribution in [2.24, 2.45) is 0 Å². The van der Waals surface area contributed by atoms with Crippen LogP contribution in [0.1, 0.15) is 12.0 Å². The molecule has 0 heterocycles. The third-order valence-electron chi connectivity index (χ3n) is 3.30. The SMILES string of the molecule is COc1cc(Cl)c(C)cc1NC(=O)CCNc1cc(Cl)cc(Cl)c1. The highest BCUT2D eigenvalue weighted by atomic mass is 35.5. The first-order valence-corrected chi connectivity index (χ1v) is 8.36. The van der Waals surface area contributed by atoms with Gasteiger partial charge in [0, 0.05) is 39.8 Å². The number of hydrogen-bond donors (Lipinski definition) is 2. The maximum atomic E-state index is 12.1. The van der Waals surface area contributed by atoms with Crippen LogP contribution in [0.4, 0.5) is 11.4 Å². The molecular formula is C17H17Cl3N2O2. The number of carbonyl (C=O) groups is 1. The Morgan fingerprint density at radius 2 is 1.75 bits per heavy atom. The first-order chi connectivity index (χ1) is 11.4. The van der Waals surface area contributed by atoms with E-state index in [0.717, 1.165) is 11.3 Å². The maximum absolute atomic E-state index is 12.1. The van der Waals surface area contributed by atoms with E-state index in [9.17, 15) is 4.79 Å². The third kappa shape index (κ3) is 5.20. The molecule has 0 aliphatic carbocycles. The molecule has 0 atom stereocenters. The fourth-order valence-electron chi connectivity index (χ4n) is 2.12. The first kappa shape index (κ1) is 18.7. The Morgan fingerprint density at radius 3 is 2.38 bits per heavy atom. The normalized spacial score (nSPS) is 10.4. The van der Waals surface area contributed by atoms with Crippen molar-refractivity contribution >= 4 is 52.1 Å². The number of ether oxygens (including phenoxy) is 1. The highest BCUT2D eigenvalue weighted by molar-refractivity contribution is 6.35. The molecule has 4 nitrogen and oxygen atoms in total. The molecule has 0 aliphatic rings. The van der Waals surface area contributed by atoms with E-state index in [2.05, 4.69) is 10.6 Å². The van der Waals surface area contributed by atoms with Gasteiger partial charge >= 0.3 is 0 Å². The predicted molar refractivity (Wildman–Crippen MR) is 101 cm³/mol. The molecule has 24 heavy (non-hydrogen) atoms. The summed E-state index contributed by atoms with van der Waals surface area (Å²) in [5.74, 6) is 0.379.